The number of aryl methyl sites for hydroxylation is 2. The number of carbonyl (C=O) groups excluding carboxylic acids is 1. The molecule has 1 aromatic heterocycles. The van der Waals surface area contributed by atoms with E-state index in [1.54, 1.807) is 6.20 Å². The zero-order valence-electron chi connectivity index (χ0n) is 9.40. The highest BCUT2D eigenvalue weighted by Crippen LogP contribution is 2.12. The Bertz CT molecular complexity index is 518. The van der Waals surface area contributed by atoms with E-state index >= 15 is 0 Å². The van der Waals surface area contributed by atoms with Gasteiger partial charge in [0.25, 0.3) is 0 Å². The van der Waals surface area contributed by atoms with Gasteiger partial charge in [0.2, 0.25) is 5.78 Å². The Kier molecular flexibility index (Phi) is 2.82. The molecule has 0 fully saturated rings. The van der Waals surface area contributed by atoms with E-state index in [9.17, 15) is 4.79 Å². The van der Waals surface area contributed by atoms with E-state index in [1.807, 2.05) is 50.2 Å². The molecule has 0 amide bonds. The van der Waals surface area contributed by atoms with Gasteiger partial charge in [0.15, 0.2) is 0 Å². The van der Waals surface area contributed by atoms with Crippen LogP contribution >= 0.6 is 0 Å². The molecule has 0 radical (unpaired) electrons. The van der Waals surface area contributed by atoms with Crippen molar-refractivity contribution in [2.24, 2.45) is 0 Å². The molecule has 2 nitrogen and oxygen atoms in total. The predicted molar refractivity (Wildman–Crippen MR) is 63.6 cm³/mol. The third-order valence-electron chi connectivity index (χ3n) is 2.47. The first-order valence-electron chi connectivity index (χ1n) is 5.21. The highest BCUT2D eigenvalue weighted by atomic mass is 16.1. The number of hydrogen-bond acceptors (Lipinski definition) is 2. The van der Waals surface area contributed by atoms with Crippen LogP contribution in [0, 0.1) is 13.8 Å². The Labute approximate surface area is 95.0 Å². The molecule has 2 aromatic rings. The lowest BCUT2D eigenvalue weighted by Crippen LogP contribution is -2.06. The number of nitrogens with zero attached hydrogens (tertiary/aromatic N) is 1. The number of carbonyl (C=O) groups is 1. The zero-order valence-corrected chi connectivity index (χ0v) is 9.40. The lowest BCUT2D eigenvalue weighted by Gasteiger charge is -2.04. The number of benzene rings is 1. The first kappa shape index (κ1) is 10.6. The lowest BCUT2D eigenvalue weighted by atomic mass is 10.0. The largest absolute Gasteiger partial charge is 0.287 e. The number of ketones is 1. The van der Waals surface area contributed by atoms with Gasteiger partial charge in [-0.25, -0.2) is 0 Å². The van der Waals surface area contributed by atoms with Crippen LogP contribution in [0.2, 0.25) is 0 Å². The van der Waals surface area contributed by atoms with E-state index in [0.717, 1.165) is 11.1 Å². The summed E-state index contributed by atoms with van der Waals surface area (Å²) in [6.45, 7) is 3.88. The Morgan fingerprint density at radius 3 is 2.44 bits per heavy atom. The molecule has 1 heterocycles. The quantitative estimate of drug-likeness (QED) is 0.715. The van der Waals surface area contributed by atoms with Crippen molar-refractivity contribution >= 4 is 5.78 Å². The summed E-state index contributed by atoms with van der Waals surface area (Å²) < 4.78 is 0. The van der Waals surface area contributed by atoms with Gasteiger partial charge < -0.3 is 0 Å². The highest BCUT2D eigenvalue weighted by molar-refractivity contribution is 6.08. The molecule has 0 aliphatic rings. The van der Waals surface area contributed by atoms with Crippen LogP contribution in [-0.2, 0) is 0 Å². The van der Waals surface area contributed by atoms with Gasteiger partial charge in [0.1, 0.15) is 5.69 Å². The number of rotatable bonds is 2. The first-order chi connectivity index (χ1) is 7.68. The van der Waals surface area contributed by atoms with Crippen molar-refractivity contribution in [3.63, 3.8) is 0 Å². The normalized spacial score (nSPS) is 10.1. The summed E-state index contributed by atoms with van der Waals surface area (Å²) in [5.41, 5.74) is 3.22. The van der Waals surface area contributed by atoms with E-state index in [-0.39, 0.29) is 5.78 Å². The summed E-state index contributed by atoms with van der Waals surface area (Å²) in [4.78, 5) is 16.3. The molecular formula is C14H13NO. The average Bonchev–Trinajstić information content (AvgIpc) is 2.29. The second kappa shape index (κ2) is 4.27. The molecule has 0 saturated carbocycles. The van der Waals surface area contributed by atoms with Crippen molar-refractivity contribution in [2.75, 3.05) is 0 Å². The van der Waals surface area contributed by atoms with Crippen LogP contribution in [0.3, 0.4) is 0 Å². The monoisotopic (exact) mass is 211 g/mol. The van der Waals surface area contributed by atoms with Crippen LogP contribution in [-0.4, -0.2) is 10.8 Å². The molecule has 0 spiro atoms. The van der Waals surface area contributed by atoms with Crippen LogP contribution in [0.15, 0.2) is 42.6 Å². The minimum absolute atomic E-state index is 0.0156. The summed E-state index contributed by atoms with van der Waals surface area (Å²) >= 11 is 0. The van der Waals surface area contributed by atoms with E-state index in [1.165, 1.54) is 0 Å². The van der Waals surface area contributed by atoms with E-state index in [4.69, 9.17) is 0 Å². The Morgan fingerprint density at radius 2 is 1.81 bits per heavy atom. The van der Waals surface area contributed by atoms with Crippen molar-refractivity contribution in [3.8, 4) is 0 Å². The summed E-state index contributed by atoms with van der Waals surface area (Å²) in [5, 5.41) is 0. The van der Waals surface area contributed by atoms with Gasteiger partial charge in [-0.1, -0.05) is 36.4 Å². The standard InChI is InChI=1S/C14H13NO/c1-10-8-11(2)13(15-9-10)14(16)12-6-4-3-5-7-12/h3-9H,1-2H3. The molecule has 0 unspecified atom stereocenters. The van der Waals surface area contributed by atoms with Crippen molar-refractivity contribution in [1.29, 1.82) is 0 Å². The van der Waals surface area contributed by atoms with Gasteiger partial charge in [-0.05, 0) is 25.0 Å². The van der Waals surface area contributed by atoms with Gasteiger partial charge in [0, 0.05) is 11.8 Å². The molecule has 0 aliphatic heterocycles. The second-order valence-corrected chi connectivity index (χ2v) is 3.87. The second-order valence-electron chi connectivity index (χ2n) is 3.87. The van der Waals surface area contributed by atoms with Gasteiger partial charge in [-0.15, -0.1) is 0 Å². The molecule has 80 valence electrons. The topological polar surface area (TPSA) is 30.0 Å². The Balaban J connectivity index is 2.42. The number of hydrogen-bond donors (Lipinski definition) is 0. The average molecular weight is 211 g/mol. The number of pyridine rings is 1. The summed E-state index contributed by atoms with van der Waals surface area (Å²) in [6, 6.07) is 11.2. The lowest BCUT2D eigenvalue weighted by molar-refractivity contribution is 0.103. The van der Waals surface area contributed by atoms with Gasteiger partial charge >= 0.3 is 0 Å². The maximum atomic E-state index is 12.1. The first-order valence-corrected chi connectivity index (χ1v) is 5.21. The van der Waals surface area contributed by atoms with Crippen LogP contribution in [0.5, 0.6) is 0 Å². The van der Waals surface area contributed by atoms with Crippen molar-refractivity contribution in [1.82, 2.24) is 4.98 Å². The van der Waals surface area contributed by atoms with Crippen molar-refractivity contribution < 1.29 is 4.79 Å². The highest BCUT2D eigenvalue weighted by Gasteiger charge is 2.12. The van der Waals surface area contributed by atoms with Gasteiger partial charge in [-0.2, -0.15) is 0 Å². The molecule has 0 saturated heterocycles. The molecule has 2 rings (SSSR count). The molecule has 0 N–H and O–H groups in total. The fourth-order valence-electron chi connectivity index (χ4n) is 1.68. The van der Waals surface area contributed by atoms with Crippen LogP contribution < -0.4 is 0 Å². The zero-order chi connectivity index (χ0) is 11.5. The molecule has 0 aliphatic carbocycles. The Morgan fingerprint density at radius 1 is 1.12 bits per heavy atom. The van der Waals surface area contributed by atoms with E-state index < -0.39 is 0 Å². The third-order valence-corrected chi connectivity index (χ3v) is 2.47. The molecule has 1 aromatic carbocycles. The third kappa shape index (κ3) is 2.01. The van der Waals surface area contributed by atoms with Crippen LogP contribution in [0.4, 0.5) is 0 Å². The fourth-order valence-corrected chi connectivity index (χ4v) is 1.68. The summed E-state index contributed by atoms with van der Waals surface area (Å²) in [7, 11) is 0. The minimum atomic E-state index is -0.0156. The van der Waals surface area contributed by atoms with Gasteiger partial charge in [-0.3, -0.25) is 9.78 Å². The molecule has 0 bridgehead atoms. The number of aromatic nitrogens is 1. The minimum Gasteiger partial charge on any atom is -0.287 e. The van der Waals surface area contributed by atoms with Crippen LogP contribution in [0.1, 0.15) is 27.2 Å². The summed E-state index contributed by atoms with van der Waals surface area (Å²) in [5.74, 6) is -0.0156. The maximum absolute atomic E-state index is 12.1. The molecule has 0 atom stereocenters. The van der Waals surface area contributed by atoms with Gasteiger partial charge in [0.05, 0.1) is 0 Å². The summed E-state index contributed by atoms with van der Waals surface area (Å²) in [6.07, 6.45) is 1.73. The van der Waals surface area contributed by atoms with Crippen molar-refractivity contribution in [2.45, 2.75) is 13.8 Å². The molecular weight excluding hydrogens is 198 g/mol. The predicted octanol–water partition coefficient (Wildman–Crippen LogP) is 2.93. The van der Waals surface area contributed by atoms with Crippen molar-refractivity contribution in [3.05, 3.63) is 65.0 Å². The molecule has 2 heteroatoms. The molecule has 16 heavy (non-hydrogen) atoms. The Hall–Kier alpha value is -1.96. The van der Waals surface area contributed by atoms with E-state index in [2.05, 4.69) is 4.98 Å². The maximum Gasteiger partial charge on any atom is 0.211 e. The fraction of sp³-hybridized carbons (Fsp3) is 0.143. The SMILES string of the molecule is Cc1cnc(C(=O)c2ccccc2)c(C)c1. The van der Waals surface area contributed by atoms with E-state index in [0.29, 0.717) is 11.3 Å². The van der Waals surface area contributed by atoms with Crippen LogP contribution in [0.25, 0.3) is 0 Å². The smallest absolute Gasteiger partial charge is 0.211 e.